The Bertz CT molecular complexity index is 372. The summed E-state index contributed by atoms with van der Waals surface area (Å²) in [5.74, 6) is 0.108. The molecule has 0 aromatic rings. The van der Waals surface area contributed by atoms with E-state index in [4.69, 9.17) is 0 Å². The zero-order chi connectivity index (χ0) is 14.6. The van der Waals surface area contributed by atoms with Gasteiger partial charge in [0.05, 0.1) is 6.10 Å². The maximum atomic E-state index is 12.2. The molecule has 2 N–H and O–H groups in total. The number of carbonyl (C=O) groups excluding carboxylic acids is 2. The molecule has 5 nitrogen and oxygen atoms in total. The smallest absolute Gasteiger partial charge is 0.222 e. The van der Waals surface area contributed by atoms with E-state index in [-0.39, 0.29) is 23.3 Å². The van der Waals surface area contributed by atoms with Crippen molar-refractivity contribution >= 4 is 11.8 Å². The van der Waals surface area contributed by atoms with Gasteiger partial charge in [-0.15, -0.1) is 0 Å². The molecule has 2 aliphatic rings. The molecular weight excluding hydrogens is 256 g/mol. The highest BCUT2D eigenvalue weighted by atomic mass is 16.3. The Labute approximate surface area is 120 Å². The SMILES string of the molecule is CC(=O)NCCCC(=O)N1CCC[C@]2(CCC[C@H]2O)C1. The second kappa shape index (κ2) is 6.57. The molecule has 114 valence electrons. The molecule has 20 heavy (non-hydrogen) atoms. The molecule has 0 radical (unpaired) electrons. The van der Waals surface area contributed by atoms with E-state index >= 15 is 0 Å². The van der Waals surface area contributed by atoms with Crippen LogP contribution in [0.2, 0.25) is 0 Å². The Kier molecular flexibility index (Phi) is 5.02. The average Bonchev–Trinajstić information content (AvgIpc) is 2.75. The molecule has 2 amide bonds. The number of likely N-dealkylation sites (tertiary alicyclic amines) is 1. The Hall–Kier alpha value is -1.10. The standard InChI is InChI=1S/C15H26N2O3/c1-12(18)16-9-3-6-14(20)17-10-4-8-15(11-17)7-2-5-13(15)19/h13,19H,2-11H2,1H3,(H,16,18)/t13-,15-/m1/s1. The Morgan fingerprint density at radius 1 is 1.35 bits per heavy atom. The normalized spacial score (nSPS) is 29.7. The van der Waals surface area contributed by atoms with Crippen molar-refractivity contribution in [1.29, 1.82) is 0 Å². The van der Waals surface area contributed by atoms with E-state index in [2.05, 4.69) is 5.32 Å². The van der Waals surface area contributed by atoms with Crippen molar-refractivity contribution in [3.05, 3.63) is 0 Å². The monoisotopic (exact) mass is 282 g/mol. The topological polar surface area (TPSA) is 69.6 Å². The second-order valence-electron chi connectivity index (χ2n) is 6.28. The number of nitrogens with zero attached hydrogens (tertiary/aromatic N) is 1. The summed E-state index contributed by atoms with van der Waals surface area (Å²) in [5, 5.41) is 12.9. The van der Waals surface area contributed by atoms with Crippen LogP contribution in [0.1, 0.15) is 51.9 Å². The number of aliphatic hydroxyl groups excluding tert-OH is 1. The van der Waals surface area contributed by atoms with Crippen molar-refractivity contribution in [3.63, 3.8) is 0 Å². The lowest BCUT2D eigenvalue weighted by molar-refractivity contribution is -0.136. The van der Waals surface area contributed by atoms with Gasteiger partial charge in [-0.2, -0.15) is 0 Å². The fraction of sp³-hybridized carbons (Fsp3) is 0.867. The number of aliphatic hydroxyl groups is 1. The number of hydrogen-bond donors (Lipinski definition) is 2. The van der Waals surface area contributed by atoms with Crippen molar-refractivity contribution in [2.45, 2.75) is 58.0 Å². The van der Waals surface area contributed by atoms with Crippen LogP contribution in [0.5, 0.6) is 0 Å². The fourth-order valence-corrected chi connectivity index (χ4v) is 3.63. The van der Waals surface area contributed by atoms with Crippen LogP contribution < -0.4 is 5.32 Å². The van der Waals surface area contributed by atoms with Crippen LogP contribution in [-0.4, -0.2) is 47.6 Å². The van der Waals surface area contributed by atoms with Crippen LogP contribution in [0.15, 0.2) is 0 Å². The third-order valence-corrected chi connectivity index (χ3v) is 4.76. The van der Waals surface area contributed by atoms with Crippen molar-refractivity contribution < 1.29 is 14.7 Å². The summed E-state index contributed by atoms with van der Waals surface area (Å²) >= 11 is 0. The lowest BCUT2D eigenvalue weighted by atomic mass is 9.76. The van der Waals surface area contributed by atoms with Gasteiger partial charge in [-0.3, -0.25) is 9.59 Å². The van der Waals surface area contributed by atoms with E-state index in [1.807, 2.05) is 4.90 Å². The Balaban J connectivity index is 1.80. The highest BCUT2D eigenvalue weighted by Crippen LogP contribution is 2.45. The van der Waals surface area contributed by atoms with Gasteiger partial charge in [0, 0.05) is 38.4 Å². The Morgan fingerprint density at radius 2 is 2.10 bits per heavy atom. The highest BCUT2D eigenvalue weighted by molar-refractivity contribution is 5.76. The van der Waals surface area contributed by atoms with Gasteiger partial charge in [0.1, 0.15) is 0 Å². The first-order valence-electron chi connectivity index (χ1n) is 7.74. The highest BCUT2D eigenvalue weighted by Gasteiger charge is 2.45. The largest absolute Gasteiger partial charge is 0.392 e. The van der Waals surface area contributed by atoms with Gasteiger partial charge < -0.3 is 15.3 Å². The summed E-state index contributed by atoms with van der Waals surface area (Å²) in [7, 11) is 0. The number of rotatable bonds is 4. The molecule has 1 aliphatic heterocycles. The predicted molar refractivity (Wildman–Crippen MR) is 76.0 cm³/mol. The molecule has 1 heterocycles. The predicted octanol–water partition coefficient (Wildman–Crippen LogP) is 1.06. The van der Waals surface area contributed by atoms with E-state index < -0.39 is 0 Å². The minimum atomic E-state index is -0.238. The number of piperidine rings is 1. The molecule has 1 aliphatic carbocycles. The molecule has 2 fully saturated rings. The first kappa shape index (κ1) is 15.3. The quantitative estimate of drug-likeness (QED) is 0.757. The molecule has 1 saturated heterocycles. The van der Waals surface area contributed by atoms with Crippen molar-refractivity contribution in [2.24, 2.45) is 5.41 Å². The first-order chi connectivity index (χ1) is 9.53. The summed E-state index contributed by atoms with van der Waals surface area (Å²) in [4.78, 5) is 24.9. The van der Waals surface area contributed by atoms with Gasteiger partial charge in [0.2, 0.25) is 11.8 Å². The summed E-state index contributed by atoms with van der Waals surface area (Å²) in [6, 6.07) is 0. The zero-order valence-corrected chi connectivity index (χ0v) is 12.4. The van der Waals surface area contributed by atoms with Gasteiger partial charge in [0.15, 0.2) is 0 Å². The number of carbonyl (C=O) groups is 2. The molecule has 1 spiro atoms. The van der Waals surface area contributed by atoms with E-state index in [0.29, 0.717) is 25.9 Å². The first-order valence-corrected chi connectivity index (χ1v) is 7.74. The van der Waals surface area contributed by atoms with Crippen molar-refractivity contribution in [3.8, 4) is 0 Å². The van der Waals surface area contributed by atoms with E-state index in [9.17, 15) is 14.7 Å². The van der Waals surface area contributed by atoms with E-state index in [0.717, 1.165) is 38.6 Å². The minimum Gasteiger partial charge on any atom is -0.392 e. The van der Waals surface area contributed by atoms with Gasteiger partial charge in [0.25, 0.3) is 0 Å². The lowest BCUT2D eigenvalue weighted by Crippen LogP contribution is -2.49. The van der Waals surface area contributed by atoms with Crippen molar-refractivity contribution in [2.75, 3.05) is 19.6 Å². The van der Waals surface area contributed by atoms with Crippen LogP contribution in [0, 0.1) is 5.41 Å². The van der Waals surface area contributed by atoms with Crippen LogP contribution >= 0.6 is 0 Å². The molecule has 2 rings (SSSR count). The maximum Gasteiger partial charge on any atom is 0.222 e. The number of amides is 2. The molecular formula is C15H26N2O3. The second-order valence-corrected chi connectivity index (χ2v) is 6.28. The summed E-state index contributed by atoms with van der Waals surface area (Å²) in [6.45, 7) is 3.57. The molecule has 5 heteroatoms. The molecule has 0 aromatic carbocycles. The van der Waals surface area contributed by atoms with Crippen LogP contribution in [-0.2, 0) is 9.59 Å². The van der Waals surface area contributed by atoms with Crippen LogP contribution in [0.4, 0.5) is 0 Å². The minimum absolute atomic E-state index is 0.0362. The van der Waals surface area contributed by atoms with Gasteiger partial charge >= 0.3 is 0 Å². The molecule has 1 saturated carbocycles. The molecule has 0 aromatic heterocycles. The summed E-state index contributed by atoms with van der Waals surface area (Å²) < 4.78 is 0. The van der Waals surface area contributed by atoms with Crippen LogP contribution in [0.3, 0.4) is 0 Å². The third kappa shape index (κ3) is 3.51. The summed E-state index contributed by atoms with van der Waals surface area (Å²) in [6.07, 6.45) is 5.97. The maximum absolute atomic E-state index is 12.2. The molecule has 0 unspecified atom stereocenters. The number of nitrogens with one attached hydrogen (secondary N) is 1. The molecule has 2 atom stereocenters. The van der Waals surface area contributed by atoms with Crippen molar-refractivity contribution in [1.82, 2.24) is 10.2 Å². The van der Waals surface area contributed by atoms with E-state index in [1.54, 1.807) is 0 Å². The van der Waals surface area contributed by atoms with Crippen LogP contribution in [0.25, 0.3) is 0 Å². The van der Waals surface area contributed by atoms with Gasteiger partial charge in [-0.25, -0.2) is 0 Å². The fourth-order valence-electron chi connectivity index (χ4n) is 3.63. The third-order valence-electron chi connectivity index (χ3n) is 4.76. The molecule has 0 bridgehead atoms. The Morgan fingerprint density at radius 3 is 2.75 bits per heavy atom. The summed E-state index contributed by atoms with van der Waals surface area (Å²) in [5.41, 5.74) is -0.0362. The van der Waals surface area contributed by atoms with E-state index in [1.165, 1.54) is 6.92 Å². The van der Waals surface area contributed by atoms with Gasteiger partial charge in [-0.05, 0) is 32.1 Å². The lowest BCUT2D eigenvalue weighted by Gasteiger charge is -2.42. The average molecular weight is 282 g/mol. The number of hydrogen-bond acceptors (Lipinski definition) is 3. The van der Waals surface area contributed by atoms with Gasteiger partial charge in [-0.1, -0.05) is 6.42 Å². The zero-order valence-electron chi connectivity index (χ0n) is 12.4.